The monoisotopic (exact) mass is 332 g/mol. The largest absolute Gasteiger partial charge is 0.368 e. The molecule has 3 heterocycles. The molecule has 1 saturated carbocycles. The lowest BCUT2D eigenvalue weighted by molar-refractivity contribution is -0.0379. The van der Waals surface area contributed by atoms with Gasteiger partial charge in [-0.3, -0.25) is 10.00 Å². The van der Waals surface area contributed by atoms with Crippen LogP contribution in [0.2, 0.25) is 0 Å². The van der Waals surface area contributed by atoms with Crippen LogP contribution in [-0.2, 0) is 16.7 Å². The molecule has 8 nitrogen and oxygen atoms in total. The smallest absolute Gasteiger partial charge is 0.229 e. The number of nitrogens with zero attached hydrogens (tertiary/aromatic N) is 5. The van der Waals surface area contributed by atoms with Gasteiger partial charge in [0.1, 0.15) is 6.10 Å². The van der Waals surface area contributed by atoms with Gasteiger partial charge >= 0.3 is 0 Å². The molecule has 0 radical (unpaired) electrons. The SMILES string of the molecule is CC(C)(C)c1n[nH]c([C@@H]2CN(Cc3noc(C4CC4)n3)CCO2)n1. The zero-order valence-corrected chi connectivity index (χ0v) is 14.4. The normalized spacial score (nSPS) is 22.9. The maximum absolute atomic E-state index is 5.87. The molecule has 0 spiro atoms. The molecule has 1 aliphatic heterocycles. The summed E-state index contributed by atoms with van der Waals surface area (Å²) in [6.45, 7) is 9.22. The Morgan fingerprint density at radius 3 is 2.79 bits per heavy atom. The number of nitrogens with one attached hydrogen (secondary N) is 1. The molecule has 4 rings (SSSR count). The van der Waals surface area contributed by atoms with E-state index in [1.807, 2.05) is 0 Å². The first-order valence-electron chi connectivity index (χ1n) is 8.58. The van der Waals surface area contributed by atoms with Crippen LogP contribution < -0.4 is 0 Å². The van der Waals surface area contributed by atoms with Crippen molar-refractivity contribution in [2.45, 2.75) is 57.6 Å². The highest BCUT2D eigenvalue weighted by atomic mass is 16.5. The van der Waals surface area contributed by atoms with E-state index >= 15 is 0 Å². The number of hydrogen-bond acceptors (Lipinski definition) is 7. The van der Waals surface area contributed by atoms with Crippen LogP contribution in [0.3, 0.4) is 0 Å². The van der Waals surface area contributed by atoms with Crippen LogP contribution in [0.5, 0.6) is 0 Å². The van der Waals surface area contributed by atoms with E-state index in [-0.39, 0.29) is 11.5 Å². The van der Waals surface area contributed by atoms with Gasteiger partial charge in [0.15, 0.2) is 17.5 Å². The van der Waals surface area contributed by atoms with E-state index in [4.69, 9.17) is 9.26 Å². The van der Waals surface area contributed by atoms with Crippen molar-refractivity contribution in [1.29, 1.82) is 0 Å². The maximum atomic E-state index is 5.87. The lowest BCUT2D eigenvalue weighted by atomic mass is 9.96. The minimum atomic E-state index is -0.0999. The van der Waals surface area contributed by atoms with Crippen molar-refractivity contribution in [3.8, 4) is 0 Å². The summed E-state index contributed by atoms with van der Waals surface area (Å²) >= 11 is 0. The Kier molecular flexibility index (Phi) is 3.88. The Morgan fingerprint density at radius 2 is 2.08 bits per heavy atom. The zero-order chi connectivity index (χ0) is 16.7. The van der Waals surface area contributed by atoms with Crippen molar-refractivity contribution in [2.24, 2.45) is 0 Å². The first kappa shape index (κ1) is 15.7. The van der Waals surface area contributed by atoms with Crippen LogP contribution in [0.4, 0.5) is 0 Å². The minimum absolute atomic E-state index is 0.0764. The van der Waals surface area contributed by atoms with Gasteiger partial charge in [0.2, 0.25) is 5.89 Å². The van der Waals surface area contributed by atoms with Gasteiger partial charge in [-0.05, 0) is 12.8 Å². The van der Waals surface area contributed by atoms with Gasteiger partial charge in [-0.15, -0.1) is 0 Å². The molecule has 0 bridgehead atoms. The van der Waals surface area contributed by atoms with Crippen molar-refractivity contribution in [3.63, 3.8) is 0 Å². The topological polar surface area (TPSA) is 93.0 Å². The average molecular weight is 332 g/mol. The molecule has 1 aliphatic carbocycles. The molecule has 1 N–H and O–H groups in total. The highest BCUT2D eigenvalue weighted by Crippen LogP contribution is 2.38. The molecule has 1 atom stereocenters. The Balaban J connectivity index is 1.40. The van der Waals surface area contributed by atoms with Crippen LogP contribution in [0.25, 0.3) is 0 Å². The molecule has 24 heavy (non-hydrogen) atoms. The Bertz CT molecular complexity index is 699. The van der Waals surface area contributed by atoms with Crippen molar-refractivity contribution >= 4 is 0 Å². The maximum Gasteiger partial charge on any atom is 0.229 e. The highest BCUT2D eigenvalue weighted by Gasteiger charge is 2.31. The van der Waals surface area contributed by atoms with E-state index in [0.29, 0.717) is 19.1 Å². The molecule has 2 aromatic heterocycles. The van der Waals surface area contributed by atoms with Gasteiger partial charge in [0, 0.05) is 24.4 Å². The number of aromatic amines is 1. The second-order valence-corrected chi connectivity index (χ2v) is 7.71. The third-order valence-corrected chi connectivity index (χ3v) is 4.40. The third kappa shape index (κ3) is 3.34. The summed E-state index contributed by atoms with van der Waals surface area (Å²) < 4.78 is 11.2. The summed E-state index contributed by atoms with van der Waals surface area (Å²) in [7, 11) is 0. The van der Waals surface area contributed by atoms with E-state index in [1.54, 1.807) is 0 Å². The number of aromatic nitrogens is 5. The average Bonchev–Trinajstić information content (AvgIpc) is 3.08. The van der Waals surface area contributed by atoms with Gasteiger partial charge in [-0.25, -0.2) is 4.98 Å². The number of ether oxygens (including phenoxy) is 1. The van der Waals surface area contributed by atoms with Gasteiger partial charge in [0.05, 0.1) is 13.2 Å². The fourth-order valence-electron chi connectivity index (χ4n) is 2.79. The summed E-state index contributed by atoms with van der Waals surface area (Å²) in [5, 5.41) is 11.5. The highest BCUT2D eigenvalue weighted by molar-refractivity contribution is 5.05. The zero-order valence-electron chi connectivity index (χ0n) is 14.4. The lowest BCUT2D eigenvalue weighted by Gasteiger charge is -2.30. The molecule has 2 aliphatic rings. The van der Waals surface area contributed by atoms with Crippen LogP contribution in [0.15, 0.2) is 4.52 Å². The van der Waals surface area contributed by atoms with Gasteiger partial charge in [-0.2, -0.15) is 10.1 Å². The Hall–Kier alpha value is -1.80. The second-order valence-electron chi connectivity index (χ2n) is 7.71. The third-order valence-electron chi connectivity index (χ3n) is 4.40. The fraction of sp³-hybridized carbons (Fsp3) is 0.750. The summed E-state index contributed by atoms with van der Waals surface area (Å²) in [6.07, 6.45) is 2.24. The van der Waals surface area contributed by atoms with Crippen LogP contribution in [0.1, 0.15) is 69.0 Å². The molecule has 130 valence electrons. The summed E-state index contributed by atoms with van der Waals surface area (Å²) in [6, 6.07) is 0. The first-order chi connectivity index (χ1) is 11.5. The molecule has 2 aromatic rings. The quantitative estimate of drug-likeness (QED) is 0.914. The van der Waals surface area contributed by atoms with Crippen molar-refractivity contribution in [1.82, 2.24) is 30.2 Å². The van der Waals surface area contributed by atoms with Gasteiger partial charge < -0.3 is 9.26 Å². The van der Waals surface area contributed by atoms with Crippen molar-refractivity contribution in [2.75, 3.05) is 19.7 Å². The Labute approximate surface area is 141 Å². The molecular weight excluding hydrogens is 308 g/mol. The molecule has 0 aromatic carbocycles. The summed E-state index contributed by atoms with van der Waals surface area (Å²) in [4.78, 5) is 11.4. The summed E-state index contributed by atoms with van der Waals surface area (Å²) in [5.74, 6) is 3.64. The molecule has 0 amide bonds. The van der Waals surface area contributed by atoms with E-state index in [1.165, 1.54) is 12.8 Å². The number of rotatable bonds is 4. The number of hydrogen-bond donors (Lipinski definition) is 1. The number of morpholine rings is 1. The molecular formula is C16H24N6O2. The number of H-pyrrole nitrogens is 1. The van der Waals surface area contributed by atoms with E-state index < -0.39 is 0 Å². The van der Waals surface area contributed by atoms with Crippen molar-refractivity contribution in [3.05, 3.63) is 23.4 Å². The molecule has 1 saturated heterocycles. The van der Waals surface area contributed by atoms with Crippen LogP contribution in [0, 0.1) is 0 Å². The predicted octanol–water partition coefficient (Wildman–Crippen LogP) is 1.94. The fourth-order valence-corrected chi connectivity index (χ4v) is 2.79. The van der Waals surface area contributed by atoms with Crippen LogP contribution >= 0.6 is 0 Å². The molecule has 0 unspecified atom stereocenters. The van der Waals surface area contributed by atoms with Gasteiger partial charge in [-0.1, -0.05) is 25.9 Å². The first-order valence-corrected chi connectivity index (χ1v) is 8.58. The molecule has 2 fully saturated rings. The minimum Gasteiger partial charge on any atom is -0.368 e. The summed E-state index contributed by atoms with van der Waals surface area (Å²) in [5.41, 5.74) is -0.0764. The van der Waals surface area contributed by atoms with E-state index in [2.05, 4.69) is 51.0 Å². The van der Waals surface area contributed by atoms with E-state index in [9.17, 15) is 0 Å². The van der Waals surface area contributed by atoms with Crippen LogP contribution in [-0.4, -0.2) is 49.9 Å². The lowest BCUT2D eigenvalue weighted by Crippen LogP contribution is -2.38. The van der Waals surface area contributed by atoms with Crippen molar-refractivity contribution < 1.29 is 9.26 Å². The van der Waals surface area contributed by atoms with E-state index in [0.717, 1.165) is 36.5 Å². The second kappa shape index (κ2) is 5.93. The molecule has 8 heteroatoms. The van der Waals surface area contributed by atoms with Gasteiger partial charge in [0.25, 0.3) is 0 Å². The predicted molar refractivity (Wildman–Crippen MR) is 85.3 cm³/mol. The Morgan fingerprint density at radius 1 is 1.25 bits per heavy atom. The standard InChI is InChI=1S/C16H24N6O2/c1-16(2,3)15-18-13(19-20-15)11-8-22(6-7-23-11)9-12-17-14(24-21-12)10-4-5-10/h10-11H,4-9H2,1-3H3,(H,18,19,20)/t11-/m0/s1.